The van der Waals surface area contributed by atoms with Crippen LogP contribution in [-0.2, 0) is 12.8 Å². The van der Waals surface area contributed by atoms with Gasteiger partial charge in [-0.1, -0.05) is 48.2 Å². The number of hydrogen-bond acceptors (Lipinski definition) is 4. The van der Waals surface area contributed by atoms with Gasteiger partial charge in [0.25, 0.3) is 0 Å². The van der Waals surface area contributed by atoms with Crippen LogP contribution in [0.4, 0.5) is 0 Å². The van der Waals surface area contributed by atoms with Gasteiger partial charge in [-0.25, -0.2) is 0 Å². The Hall–Kier alpha value is -1.26. The number of hydrogen-bond donors (Lipinski definition) is 1. The minimum atomic E-state index is -0.412. The summed E-state index contributed by atoms with van der Waals surface area (Å²) in [5.74, 6) is 0. The van der Waals surface area contributed by atoms with Gasteiger partial charge in [-0.3, -0.25) is 0 Å². The summed E-state index contributed by atoms with van der Waals surface area (Å²) in [6, 6.07) is 10.4. The van der Waals surface area contributed by atoms with E-state index in [9.17, 15) is 5.11 Å². The summed E-state index contributed by atoms with van der Waals surface area (Å²) in [4.78, 5) is 0.954. The molecule has 19 heavy (non-hydrogen) atoms. The second-order valence-corrected chi connectivity index (χ2v) is 5.51. The molecule has 1 unspecified atom stereocenters. The topological polar surface area (TPSA) is 46.0 Å². The van der Waals surface area contributed by atoms with Gasteiger partial charge in [0.15, 0.2) is 0 Å². The van der Waals surface area contributed by atoms with Crippen LogP contribution in [0.5, 0.6) is 0 Å². The average molecular weight is 276 g/mol. The highest BCUT2D eigenvalue weighted by molar-refractivity contribution is 7.05. The third-order valence-electron chi connectivity index (χ3n) is 3.16. The largest absolute Gasteiger partial charge is 0.387 e. The van der Waals surface area contributed by atoms with Crippen LogP contribution < -0.4 is 0 Å². The van der Waals surface area contributed by atoms with E-state index in [0.29, 0.717) is 0 Å². The third-order valence-corrected chi connectivity index (χ3v) is 4.03. The molecule has 1 aromatic heterocycles. The quantitative estimate of drug-likeness (QED) is 0.841. The molecule has 2 rings (SSSR count). The molecular formula is C15H20N2OS. The number of rotatable bonds is 7. The van der Waals surface area contributed by atoms with Crippen LogP contribution in [-0.4, -0.2) is 14.7 Å². The van der Waals surface area contributed by atoms with Gasteiger partial charge in [0.1, 0.15) is 0 Å². The van der Waals surface area contributed by atoms with Crippen molar-refractivity contribution >= 4 is 11.5 Å². The Bertz CT molecular complexity index is 484. The van der Waals surface area contributed by atoms with E-state index < -0.39 is 6.10 Å². The minimum absolute atomic E-state index is 0.412. The van der Waals surface area contributed by atoms with Gasteiger partial charge < -0.3 is 5.11 Å². The molecule has 1 heterocycles. The summed E-state index contributed by atoms with van der Waals surface area (Å²) in [6.45, 7) is 2.12. The average Bonchev–Trinajstić information content (AvgIpc) is 2.89. The molecule has 0 fully saturated rings. The fourth-order valence-electron chi connectivity index (χ4n) is 2.15. The maximum atomic E-state index is 10.2. The van der Waals surface area contributed by atoms with E-state index in [-0.39, 0.29) is 0 Å². The molecule has 4 heteroatoms. The molecular weight excluding hydrogens is 256 g/mol. The van der Waals surface area contributed by atoms with Gasteiger partial charge in [-0.2, -0.15) is 0 Å². The van der Waals surface area contributed by atoms with E-state index in [1.807, 2.05) is 6.07 Å². The molecule has 0 radical (unpaired) electrons. The molecule has 0 bridgehead atoms. The van der Waals surface area contributed by atoms with Gasteiger partial charge in [0.2, 0.25) is 0 Å². The van der Waals surface area contributed by atoms with E-state index in [2.05, 4.69) is 40.8 Å². The number of aryl methyl sites for hydroxylation is 2. The van der Waals surface area contributed by atoms with Crippen molar-refractivity contribution in [2.24, 2.45) is 0 Å². The number of aliphatic hydroxyl groups is 1. The highest BCUT2D eigenvalue weighted by Gasteiger charge is 2.15. The van der Waals surface area contributed by atoms with Crippen molar-refractivity contribution in [3.63, 3.8) is 0 Å². The van der Waals surface area contributed by atoms with Crippen LogP contribution in [0.3, 0.4) is 0 Å². The van der Waals surface area contributed by atoms with Crippen molar-refractivity contribution < 1.29 is 5.11 Å². The van der Waals surface area contributed by atoms with E-state index in [1.54, 1.807) is 0 Å². The Morgan fingerprint density at radius 2 is 2.00 bits per heavy atom. The van der Waals surface area contributed by atoms with Crippen molar-refractivity contribution in [1.29, 1.82) is 0 Å². The Morgan fingerprint density at radius 1 is 1.21 bits per heavy atom. The summed E-state index contributed by atoms with van der Waals surface area (Å²) in [7, 11) is 0. The van der Waals surface area contributed by atoms with Crippen molar-refractivity contribution in [1.82, 2.24) is 9.59 Å². The van der Waals surface area contributed by atoms with Gasteiger partial charge in [0, 0.05) is 0 Å². The Morgan fingerprint density at radius 3 is 2.74 bits per heavy atom. The standard InChI is InChI=1S/C15H20N2OS/c1-2-7-13-15(19-17-16-13)14(18)11-6-10-12-8-4-3-5-9-12/h3-5,8-9,14,18H,2,6-7,10-11H2,1H3. The molecule has 0 spiro atoms. The zero-order valence-electron chi connectivity index (χ0n) is 11.2. The number of nitrogens with zero attached hydrogens (tertiary/aromatic N) is 2. The van der Waals surface area contributed by atoms with Gasteiger partial charge >= 0.3 is 0 Å². The predicted octanol–water partition coefficient (Wildman–Crippen LogP) is 3.55. The highest BCUT2D eigenvalue weighted by Crippen LogP contribution is 2.25. The van der Waals surface area contributed by atoms with Crippen molar-refractivity contribution in [3.8, 4) is 0 Å². The zero-order valence-corrected chi connectivity index (χ0v) is 12.1. The van der Waals surface area contributed by atoms with Crippen molar-refractivity contribution in [2.45, 2.75) is 45.1 Å². The lowest BCUT2D eigenvalue weighted by atomic mass is 10.0. The minimum Gasteiger partial charge on any atom is -0.387 e. The maximum absolute atomic E-state index is 10.2. The molecule has 1 aromatic carbocycles. The Balaban J connectivity index is 1.84. The zero-order chi connectivity index (χ0) is 13.5. The predicted molar refractivity (Wildman–Crippen MR) is 78.2 cm³/mol. The first-order chi connectivity index (χ1) is 9.31. The lowest BCUT2D eigenvalue weighted by Crippen LogP contribution is -2.00. The van der Waals surface area contributed by atoms with E-state index in [4.69, 9.17) is 0 Å². The number of benzene rings is 1. The normalized spacial score (nSPS) is 12.5. The lowest BCUT2D eigenvalue weighted by Gasteiger charge is -2.09. The molecule has 0 saturated carbocycles. The first-order valence-corrected chi connectivity index (χ1v) is 7.61. The van der Waals surface area contributed by atoms with E-state index in [0.717, 1.165) is 42.7 Å². The summed E-state index contributed by atoms with van der Waals surface area (Å²) in [5, 5.41) is 14.3. The summed E-state index contributed by atoms with van der Waals surface area (Å²) in [6.07, 6.45) is 4.29. The summed E-state index contributed by atoms with van der Waals surface area (Å²) >= 11 is 1.33. The molecule has 0 aliphatic carbocycles. The van der Waals surface area contributed by atoms with Crippen LogP contribution >= 0.6 is 11.5 Å². The van der Waals surface area contributed by atoms with Crippen molar-refractivity contribution in [2.75, 3.05) is 0 Å². The van der Waals surface area contributed by atoms with E-state index >= 15 is 0 Å². The highest BCUT2D eigenvalue weighted by atomic mass is 32.1. The maximum Gasteiger partial charge on any atom is 0.0917 e. The summed E-state index contributed by atoms with van der Waals surface area (Å²) < 4.78 is 3.96. The first kappa shape index (κ1) is 14.2. The second kappa shape index (κ2) is 7.36. The molecule has 0 aliphatic heterocycles. The monoisotopic (exact) mass is 276 g/mol. The molecule has 0 aliphatic rings. The smallest absolute Gasteiger partial charge is 0.0917 e. The van der Waals surface area contributed by atoms with Crippen LogP contribution in [0.25, 0.3) is 0 Å². The van der Waals surface area contributed by atoms with Gasteiger partial charge in [-0.05, 0) is 42.8 Å². The number of aromatic nitrogens is 2. The van der Waals surface area contributed by atoms with Crippen LogP contribution in [0.15, 0.2) is 30.3 Å². The van der Waals surface area contributed by atoms with E-state index in [1.165, 1.54) is 17.1 Å². The van der Waals surface area contributed by atoms with Gasteiger partial charge in [0.05, 0.1) is 16.7 Å². The SMILES string of the molecule is CCCc1nnsc1C(O)CCCc1ccccc1. The third kappa shape index (κ3) is 4.11. The molecule has 0 amide bonds. The van der Waals surface area contributed by atoms with Crippen LogP contribution in [0, 0.1) is 0 Å². The molecule has 102 valence electrons. The summed E-state index contributed by atoms with van der Waals surface area (Å²) in [5.41, 5.74) is 2.30. The Labute approximate surface area is 118 Å². The van der Waals surface area contributed by atoms with Crippen LogP contribution in [0.2, 0.25) is 0 Å². The Kier molecular flexibility index (Phi) is 5.48. The number of aliphatic hydroxyl groups excluding tert-OH is 1. The lowest BCUT2D eigenvalue weighted by molar-refractivity contribution is 0.167. The van der Waals surface area contributed by atoms with Gasteiger partial charge in [-0.15, -0.1) is 5.10 Å². The molecule has 0 saturated heterocycles. The molecule has 3 nitrogen and oxygen atoms in total. The molecule has 1 N–H and O–H groups in total. The van der Waals surface area contributed by atoms with Crippen LogP contribution in [0.1, 0.15) is 48.4 Å². The second-order valence-electron chi connectivity index (χ2n) is 4.73. The molecule has 2 aromatic rings. The fraction of sp³-hybridized carbons (Fsp3) is 0.467. The first-order valence-electron chi connectivity index (χ1n) is 6.84. The molecule has 1 atom stereocenters. The van der Waals surface area contributed by atoms with Crippen molar-refractivity contribution in [3.05, 3.63) is 46.5 Å². The fourth-order valence-corrected chi connectivity index (χ4v) is 2.87.